The van der Waals surface area contributed by atoms with Gasteiger partial charge in [-0.2, -0.15) is 0 Å². The number of rotatable bonds is 18. The van der Waals surface area contributed by atoms with Gasteiger partial charge in [0.2, 0.25) is 29.5 Å². The van der Waals surface area contributed by atoms with Crippen LogP contribution >= 0.6 is 0 Å². The summed E-state index contributed by atoms with van der Waals surface area (Å²) >= 11 is 0. The third-order valence-electron chi connectivity index (χ3n) is 5.96. The van der Waals surface area contributed by atoms with Crippen LogP contribution in [0.5, 0.6) is 0 Å². The summed E-state index contributed by atoms with van der Waals surface area (Å²) in [6.07, 6.45) is -2.89. The number of nitro groups is 1. The number of aliphatic carboxylic acids is 3. The average Bonchev–Trinajstić information content (AvgIpc) is 2.92. The van der Waals surface area contributed by atoms with E-state index in [4.69, 9.17) is 10.2 Å². The van der Waals surface area contributed by atoms with Crippen LogP contribution in [0.25, 0.3) is 0 Å². The maximum atomic E-state index is 13.2. The van der Waals surface area contributed by atoms with Crippen molar-refractivity contribution in [3.8, 4) is 0 Å². The molecule has 4 unspecified atom stereocenters. The van der Waals surface area contributed by atoms with E-state index in [2.05, 4.69) is 26.6 Å². The van der Waals surface area contributed by atoms with E-state index in [-0.39, 0.29) is 11.4 Å². The first kappa shape index (κ1) is 37.4. The van der Waals surface area contributed by atoms with E-state index >= 15 is 0 Å². The Morgan fingerprint density at radius 2 is 1.20 bits per heavy atom. The average molecular weight is 639 g/mol. The van der Waals surface area contributed by atoms with Gasteiger partial charge in [0.15, 0.2) is 0 Å². The summed E-state index contributed by atoms with van der Waals surface area (Å²) < 4.78 is 0. The topological polar surface area (TPSA) is 301 Å². The molecule has 8 N–H and O–H groups in total. The maximum Gasteiger partial charge on any atom is 0.305 e. The van der Waals surface area contributed by atoms with Crippen LogP contribution < -0.4 is 26.6 Å². The molecule has 4 atom stereocenters. The molecule has 0 saturated carbocycles. The van der Waals surface area contributed by atoms with Gasteiger partial charge in [-0.1, -0.05) is 13.8 Å². The lowest BCUT2D eigenvalue weighted by atomic mass is 10.0. The number of carboxylic acids is 3. The summed E-state index contributed by atoms with van der Waals surface area (Å²) in [4.78, 5) is 107. The minimum absolute atomic E-state index is 0.0569. The number of nitro benzene ring substituents is 1. The van der Waals surface area contributed by atoms with Gasteiger partial charge in [0, 0.05) is 31.2 Å². The number of anilines is 1. The summed E-state index contributed by atoms with van der Waals surface area (Å²) in [5.74, 6) is -9.94. The molecule has 0 radical (unpaired) electrons. The van der Waals surface area contributed by atoms with E-state index in [1.54, 1.807) is 0 Å². The lowest BCUT2D eigenvalue weighted by molar-refractivity contribution is -0.384. The molecule has 246 valence electrons. The van der Waals surface area contributed by atoms with Gasteiger partial charge >= 0.3 is 17.9 Å². The van der Waals surface area contributed by atoms with Crippen LogP contribution in [0.2, 0.25) is 0 Å². The highest BCUT2D eigenvalue weighted by Gasteiger charge is 2.34. The molecule has 5 amide bonds. The van der Waals surface area contributed by atoms with E-state index in [0.717, 1.165) is 19.1 Å². The van der Waals surface area contributed by atoms with Crippen molar-refractivity contribution in [2.45, 2.75) is 70.6 Å². The molecule has 0 aliphatic rings. The Morgan fingerprint density at radius 1 is 0.711 bits per heavy atom. The largest absolute Gasteiger partial charge is 0.481 e. The highest BCUT2D eigenvalue weighted by Crippen LogP contribution is 2.16. The van der Waals surface area contributed by atoms with Crippen LogP contribution in [0.3, 0.4) is 0 Å². The second-order valence-electron chi connectivity index (χ2n) is 10.0. The molecule has 0 spiro atoms. The molecule has 0 heterocycles. The van der Waals surface area contributed by atoms with Crippen LogP contribution in [0.1, 0.15) is 46.5 Å². The van der Waals surface area contributed by atoms with E-state index in [0.29, 0.717) is 0 Å². The van der Waals surface area contributed by atoms with Gasteiger partial charge in [0.05, 0.1) is 17.8 Å². The number of benzene rings is 1. The van der Waals surface area contributed by atoms with Crippen LogP contribution in [-0.4, -0.2) is 91.9 Å². The summed E-state index contributed by atoms with van der Waals surface area (Å²) in [6, 6.07) is -1.82. The van der Waals surface area contributed by atoms with Gasteiger partial charge in [-0.3, -0.25) is 48.5 Å². The van der Waals surface area contributed by atoms with Gasteiger partial charge in [0.25, 0.3) is 5.69 Å². The molecule has 0 saturated heterocycles. The van der Waals surface area contributed by atoms with Crippen molar-refractivity contribution in [3.63, 3.8) is 0 Å². The lowest BCUT2D eigenvalue weighted by Gasteiger charge is -2.27. The molecule has 0 fully saturated rings. The molecular formula is C26H34N6O13. The summed E-state index contributed by atoms with van der Waals surface area (Å²) in [7, 11) is 0. The minimum atomic E-state index is -1.68. The van der Waals surface area contributed by atoms with Crippen LogP contribution in [0.4, 0.5) is 11.4 Å². The first-order valence-electron chi connectivity index (χ1n) is 13.3. The molecule has 0 aromatic heterocycles. The second kappa shape index (κ2) is 17.5. The highest BCUT2D eigenvalue weighted by atomic mass is 16.6. The quantitative estimate of drug-likeness (QED) is 0.0705. The van der Waals surface area contributed by atoms with Gasteiger partial charge in [-0.25, -0.2) is 0 Å². The number of nitrogens with zero attached hydrogens (tertiary/aromatic N) is 1. The summed E-state index contributed by atoms with van der Waals surface area (Å²) in [6.45, 7) is 3.99. The maximum absolute atomic E-state index is 13.2. The van der Waals surface area contributed by atoms with E-state index in [9.17, 15) is 53.6 Å². The van der Waals surface area contributed by atoms with Gasteiger partial charge in [0.1, 0.15) is 24.2 Å². The zero-order valence-electron chi connectivity index (χ0n) is 24.4. The van der Waals surface area contributed by atoms with Crippen molar-refractivity contribution in [2.24, 2.45) is 5.92 Å². The standard InChI is InChI=1S/C26H34N6O13/c1-12(2)22(26(43)30-18(11-21(38)39)24(41)28-14-4-6-15(7-5-14)32(44)45)31-23(40)16(8-9-19(34)35)29-25(42)17(10-20(36)37)27-13(3)33/h4-7,12,16-18,22H,8-11H2,1-3H3,(H,27,33)(H,28,41)(H,29,42)(H,30,43)(H,31,40)(H,34,35)(H,36,37)(H,38,39). The lowest BCUT2D eigenvalue weighted by Crippen LogP contribution is -2.59. The Kier molecular flexibility index (Phi) is 14.5. The molecule has 1 rings (SSSR count). The number of hydrogen-bond donors (Lipinski definition) is 8. The third kappa shape index (κ3) is 13.5. The predicted molar refractivity (Wildman–Crippen MR) is 151 cm³/mol. The Balaban J connectivity index is 3.16. The summed E-state index contributed by atoms with van der Waals surface area (Å²) in [5, 5.41) is 49.5. The van der Waals surface area contributed by atoms with Gasteiger partial charge < -0.3 is 41.9 Å². The fourth-order valence-corrected chi connectivity index (χ4v) is 3.77. The zero-order valence-corrected chi connectivity index (χ0v) is 24.4. The van der Waals surface area contributed by atoms with Crippen molar-refractivity contribution in [3.05, 3.63) is 34.4 Å². The molecule has 0 aliphatic heterocycles. The number of nitrogens with one attached hydrogen (secondary N) is 5. The SMILES string of the molecule is CC(=O)NC(CC(=O)O)C(=O)NC(CCC(=O)O)C(=O)NC(C(=O)NC(CC(=O)O)C(=O)Nc1ccc([N+](=O)[O-])cc1)C(C)C. The number of carboxylic acid groups (broad SMARTS) is 3. The van der Waals surface area contributed by atoms with Gasteiger partial charge in [-0.15, -0.1) is 0 Å². The van der Waals surface area contributed by atoms with Crippen molar-refractivity contribution in [1.82, 2.24) is 21.3 Å². The molecule has 45 heavy (non-hydrogen) atoms. The molecule has 1 aromatic rings. The minimum Gasteiger partial charge on any atom is -0.481 e. The number of non-ortho nitro benzene ring substituents is 1. The molecule has 0 bridgehead atoms. The normalized spacial score (nSPS) is 13.2. The van der Waals surface area contributed by atoms with Crippen LogP contribution in [-0.2, 0) is 38.4 Å². The van der Waals surface area contributed by atoms with Crippen LogP contribution in [0.15, 0.2) is 24.3 Å². The fourth-order valence-electron chi connectivity index (χ4n) is 3.77. The van der Waals surface area contributed by atoms with Crippen molar-refractivity contribution < 1.29 is 58.6 Å². The molecular weight excluding hydrogens is 604 g/mol. The van der Waals surface area contributed by atoms with Crippen molar-refractivity contribution in [2.75, 3.05) is 5.32 Å². The Morgan fingerprint density at radius 3 is 1.64 bits per heavy atom. The number of amides is 5. The van der Waals surface area contributed by atoms with Crippen LogP contribution in [0, 0.1) is 16.0 Å². The Labute approximate surface area is 255 Å². The van der Waals surface area contributed by atoms with E-state index in [1.807, 2.05) is 0 Å². The molecule has 19 nitrogen and oxygen atoms in total. The van der Waals surface area contributed by atoms with Crippen molar-refractivity contribution >= 4 is 58.8 Å². The Bertz CT molecular complexity index is 1300. The second-order valence-corrected chi connectivity index (χ2v) is 10.0. The fraction of sp³-hybridized carbons (Fsp3) is 0.462. The monoisotopic (exact) mass is 638 g/mol. The van der Waals surface area contributed by atoms with E-state index < -0.39 is 108 Å². The smallest absolute Gasteiger partial charge is 0.305 e. The summed E-state index contributed by atoms with van der Waals surface area (Å²) in [5.41, 5.74) is -0.217. The molecule has 1 aromatic carbocycles. The first-order chi connectivity index (χ1) is 20.9. The number of hydrogen-bond acceptors (Lipinski definition) is 10. The zero-order chi connectivity index (χ0) is 34.4. The highest BCUT2D eigenvalue weighted by molar-refractivity contribution is 6.01. The van der Waals surface area contributed by atoms with Crippen molar-refractivity contribution in [1.29, 1.82) is 0 Å². The number of carbonyl (C=O) groups excluding carboxylic acids is 5. The number of carbonyl (C=O) groups is 8. The Hall–Kier alpha value is -5.62. The first-order valence-corrected chi connectivity index (χ1v) is 13.3. The molecule has 0 aliphatic carbocycles. The molecule has 19 heteroatoms. The third-order valence-corrected chi connectivity index (χ3v) is 5.96. The van der Waals surface area contributed by atoms with Gasteiger partial charge in [-0.05, 0) is 24.5 Å². The predicted octanol–water partition coefficient (Wildman–Crippen LogP) is -1.04. The van der Waals surface area contributed by atoms with E-state index in [1.165, 1.54) is 26.0 Å².